The Morgan fingerprint density at radius 1 is 1.08 bits per heavy atom. The van der Waals surface area contributed by atoms with E-state index in [4.69, 9.17) is 9.47 Å². The van der Waals surface area contributed by atoms with E-state index < -0.39 is 12.0 Å². The first-order valence-corrected chi connectivity index (χ1v) is 14.5. The fraction of sp³-hybridized carbons (Fsp3) is 0.194. The number of ether oxygens (including phenoxy) is 2. The summed E-state index contributed by atoms with van der Waals surface area (Å²) >= 11 is 3.56. The molecule has 2 heterocycles. The molecule has 39 heavy (non-hydrogen) atoms. The van der Waals surface area contributed by atoms with Crippen molar-refractivity contribution in [3.63, 3.8) is 0 Å². The molecule has 0 unspecified atom stereocenters. The van der Waals surface area contributed by atoms with Gasteiger partial charge >= 0.3 is 5.97 Å². The summed E-state index contributed by atoms with van der Waals surface area (Å²) in [5.41, 5.74) is 4.65. The molecule has 0 spiro atoms. The van der Waals surface area contributed by atoms with Gasteiger partial charge in [-0.2, -0.15) is 0 Å². The van der Waals surface area contributed by atoms with Crippen molar-refractivity contribution in [2.75, 3.05) is 6.61 Å². The fourth-order valence-corrected chi connectivity index (χ4v) is 6.21. The number of benzene rings is 3. The largest absolute Gasteiger partial charge is 0.488 e. The minimum atomic E-state index is -0.614. The van der Waals surface area contributed by atoms with Crippen molar-refractivity contribution in [3.8, 4) is 5.75 Å². The molecule has 5 rings (SSSR count). The van der Waals surface area contributed by atoms with Crippen LogP contribution >= 0.6 is 33.9 Å². The number of carbonyl (C=O) groups excluding carboxylic acids is 1. The fourth-order valence-electron chi connectivity index (χ4n) is 4.47. The second-order valence-corrected chi connectivity index (χ2v) is 11.3. The summed E-state index contributed by atoms with van der Waals surface area (Å²) in [4.78, 5) is 32.0. The number of hydrogen-bond acceptors (Lipinski definition) is 6. The number of rotatable bonds is 7. The molecule has 0 bridgehead atoms. The summed E-state index contributed by atoms with van der Waals surface area (Å²) in [7, 11) is 0. The Morgan fingerprint density at radius 2 is 1.82 bits per heavy atom. The van der Waals surface area contributed by atoms with Crippen molar-refractivity contribution in [2.24, 2.45) is 4.99 Å². The average molecular weight is 651 g/mol. The van der Waals surface area contributed by atoms with E-state index in [9.17, 15) is 9.59 Å². The van der Waals surface area contributed by atoms with E-state index in [0.29, 0.717) is 27.2 Å². The van der Waals surface area contributed by atoms with Crippen molar-refractivity contribution in [1.82, 2.24) is 4.57 Å². The number of aryl methyl sites for hydroxylation is 1. The van der Waals surface area contributed by atoms with Crippen LogP contribution in [0.2, 0.25) is 0 Å². The molecule has 198 valence electrons. The number of aromatic nitrogens is 1. The van der Waals surface area contributed by atoms with E-state index in [-0.39, 0.29) is 12.2 Å². The summed E-state index contributed by atoms with van der Waals surface area (Å²) in [5, 5.41) is 0. The smallest absolute Gasteiger partial charge is 0.338 e. The summed E-state index contributed by atoms with van der Waals surface area (Å²) in [5.74, 6) is 0.325. The van der Waals surface area contributed by atoms with Crippen LogP contribution in [0.1, 0.15) is 42.1 Å². The van der Waals surface area contributed by atoms with Gasteiger partial charge in [0.25, 0.3) is 5.56 Å². The van der Waals surface area contributed by atoms with Crippen LogP contribution in [0.5, 0.6) is 5.75 Å². The number of allylic oxidation sites excluding steroid dienone is 1. The molecule has 0 saturated carbocycles. The Hall–Kier alpha value is -3.50. The Morgan fingerprint density at radius 3 is 2.51 bits per heavy atom. The SMILES string of the molecule is CCOC(=O)C1=C(C)N=c2s/c(=C/c3ccc(OCc4ccccc4)c(I)c3)c(=O)n2[C@H]1c1ccc(C)cc1. The third kappa shape index (κ3) is 5.77. The quantitative estimate of drug-likeness (QED) is 0.202. The molecule has 0 radical (unpaired) electrons. The number of nitrogens with zero attached hydrogens (tertiary/aromatic N) is 2. The number of esters is 1. The van der Waals surface area contributed by atoms with Gasteiger partial charge in [-0.15, -0.1) is 0 Å². The highest BCUT2D eigenvalue weighted by Crippen LogP contribution is 2.31. The monoisotopic (exact) mass is 650 g/mol. The van der Waals surface area contributed by atoms with Crippen molar-refractivity contribution < 1.29 is 14.3 Å². The lowest BCUT2D eigenvalue weighted by Crippen LogP contribution is -2.39. The van der Waals surface area contributed by atoms with Crippen LogP contribution in [0.25, 0.3) is 6.08 Å². The molecular formula is C31H27IN2O4S. The molecule has 6 nitrogen and oxygen atoms in total. The van der Waals surface area contributed by atoms with Gasteiger partial charge in [0.05, 0.1) is 32.0 Å². The highest BCUT2D eigenvalue weighted by atomic mass is 127. The summed E-state index contributed by atoms with van der Waals surface area (Å²) in [6.07, 6.45) is 1.86. The molecule has 1 aliphatic rings. The highest BCUT2D eigenvalue weighted by molar-refractivity contribution is 14.1. The first-order chi connectivity index (χ1) is 18.9. The van der Waals surface area contributed by atoms with Gasteiger partial charge in [-0.1, -0.05) is 77.6 Å². The molecule has 1 atom stereocenters. The van der Waals surface area contributed by atoms with Crippen LogP contribution in [0, 0.1) is 10.5 Å². The molecule has 0 amide bonds. The van der Waals surface area contributed by atoms with E-state index in [1.807, 2.05) is 85.8 Å². The van der Waals surface area contributed by atoms with Gasteiger partial charge in [0.15, 0.2) is 4.80 Å². The summed E-state index contributed by atoms with van der Waals surface area (Å²) in [6.45, 7) is 6.28. The van der Waals surface area contributed by atoms with Crippen LogP contribution in [-0.4, -0.2) is 17.1 Å². The Bertz CT molecular complexity index is 1740. The zero-order chi connectivity index (χ0) is 27.5. The average Bonchev–Trinajstić information content (AvgIpc) is 3.22. The van der Waals surface area contributed by atoms with Crippen LogP contribution in [0.3, 0.4) is 0 Å². The lowest BCUT2D eigenvalue weighted by molar-refractivity contribution is -0.139. The Balaban J connectivity index is 1.53. The number of hydrogen-bond donors (Lipinski definition) is 0. The number of carbonyl (C=O) groups is 1. The first-order valence-electron chi connectivity index (χ1n) is 12.6. The molecule has 4 aromatic rings. The minimum absolute atomic E-state index is 0.196. The first kappa shape index (κ1) is 27.1. The van der Waals surface area contributed by atoms with Crippen LogP contribution in [0.15, 0.2) is 93.9 Å². The zero-order valence-corrected chi connectivity index (χ0v) is 24.8. The van der Waals surface area contributed by atoms with Gasteiger partial charge in [0.2, 0.25) is 0 Å². The molecule has 0 aliphatic carbocycles. The molecule has 1 aliphatic heterocycles. The predicted octanol–water partition coefficient (Wildman–Crippen LogP) is 5.29. The van der Waals surface area contributed by atoms with Gasteiger partial charge < -0.3 is 9.47 Å². The second kappa shape index (κ2) is 11.7. The maximum Gasteiger partial charge on any atom is 0.338 e. The zero-order valence-electron chi connectivity index (χ0n) is 21.8. The molecule has 0 fully saturated rings. The molecule has 3 aromatic carbocycles. The van der Waals surface area contributed by atoms with Gasteiger partial charge in [-0.3, -0.25) is 9.36 Å². The molecular weight excluding hydrogens is 623 g/mol. The van der Waals surface area contributed by atoms with E-state index in [1.54, 1.807) is 18.4 Å². The summed E-state index contributed by atoms with van der Waals surface area (Å²) < 4.78 is 14.5. The van der Waals surface area contributed by atoms with E-state index in [2.05, 4.69) is 27.6 Å². The molecule has 0 saturated heterocycles. The van der Waals surface area contributed by atoms with Crippen molar-refractivity contribution in [2.45, 2.75) is 33.4 Å². The van der Waals surface area contributed by atoms with Crippen LogP contribution in [0.4, 0.5) is 0 Å². The standard InChI is InChI=1S/C31H27IN2O4S/c1-4-37-30(36)27-20(3)33-31-34(28(27)23-13-10-19(2)11-14-23)29(35)26(39-31)17-22-12-15-25(24(32)16-22)38-18-21-8-6-5-7-9-21/h5-17,28H,4,18H2,1-3H3/b26-17+/t28-/m0/s1. The number of thiazole rings is 1. The number of halogens is 1. The molecule has 1 aromatic heterocycles. The predicted molar refractivity (Wildman–Crippen MR) is 162 cm³/mol. The summed E-state index contributed by atoms with van der Waals surface area (Å²) in [6, 6.07) is 23.1. The maximum absolute atomic E-state index is 13.8. The van der Waals surface area contributed by atoms with Gasteiger partial charge in [-0.05, 0) is 78.3 Å². The van der Waals surface area contributed by atoms with E-state index in [1.165, 1.54) is 11.3 Å². The maximum atomic E-state index is 13.8. The third-order valence-electron chi connectivity index (χ3n) is 6.40. The normalized spacial score (nSPS) is 15.1. The highest BCUT2D eigenvalue weighted by Gasteiger charge is 2.33. The van der Waals surface area contributed by atoms with Gasteiger partial charge in [-0.25, -0.2) is 9.79 Å². The van der Waals surface area contributed by atoms with Crippen LogP contribution in [-0.2, 0) is 16.1 Å². The second-order valence-electron chi connectivity index (χ2n) is 9.18. The lowest BCUT2D eigenvalue weighted by atomic mass is 9.95. The van der Waals surface area contributed by atoms with Gasteiger partial charge in [0.1, 0.15) is 12.4 Å². The van der Waals surface area contributed by atoms with Gasteiger partial charge in [0, 0.05) is 0 Å². The minimum Gasteiger partial charge on any atom is -0.488 e. The molecule has 0 N–H and O–H groups in total. The third-order valence-corrected chi connectivity index (χ3v) is 8.23. The Kier molecular flexibility index (Phi) is 8.13. The van der Waals surface area contributed by atoms with Crippen molar-refractivity contribution in [1.29, 1.82) is 0 Å². The topological polar surface area (TPSA) is 69.9 Å². The lowest BCUT2D eigenvalue weighted by Gasteiger charge is -2.24. The number of fused-ring (bicyclic) bond motifs is 1. The van der Waals surface area contributed by atoms with Crippen molar-refractivity contribution >= 4 is 46.0 Å². The Labute approximate surface area is 244 Å². The van der Waals surface area contributed by atoms with E-state index >= 15 is 0 Å². The van der Waals surface area contributed by atoms with E-state index in [0.717, 1.165) is 31.6 Å². The molecule has 8 heteroatoms. The van der Waals surface area contributed by atoms with Crippen LogP contribution < -0.4 is 19.6 Å². The van der Waals surface area contributed by atoms with Crippen molar-refractivity contribution in [3.05, 3.63) is 130 Å².